The van der Waals surface area contributed by atoms with Gasteiger partial charge in [-0.3, -0.25) is 9.78 Å². The maximum atomic E-state index is 11.4. The molecule has 0 aliphatic rings. The van der Waals surface area contributed by atoms with Crippen LogP contribution in [0.15, 0.2) is 36.7 Å². The van der Waals surface area contributed by atoms with Crippen molar-refractivity contribution >= 4 is 40.6 Å². The summed E-state index contributed by atoms with van der Waals surface area (Å²) in [5, 5.41) is 0. The number of ketones is 1. The molecule has 0 saturated carbocycles. The molecule has 0 fully saturated rings. The van der Waals surface area contributed by atoms with Crippen molar-refractivity contribution in [3.63, 3.8) is 0 Å². The Morgan fingerprint density at radius 3 is 2.36 bits per heavy atom. The van der Waals surface area contributed by atoms with Gasteiger partial charge in [-0.25, -0.2) is 0 Å². The van der Waals surface area contributed by atoms with Crippen molar-refractivity contribution in [3.05, 3.63) is 42.2 Å². The Labute approximate surface area is 96.5 Å². The number of nitrogens with zero attached hydrogens (tertiary/aromatic N) is 1. The smallest absolute Gasteiger partial charge is 0.209 e. The maximum absolute atomic E-state index is 11.4. The third kappa shape index (κ3) is 4.09. The van der Waals surface area contributed by atoms with E-state index >= 15 is 0 Å². The van der Waals surface area contributed by atoms with Gasteiger partial charge in [0.05, 0.1) is 0 Å². The van der Waals surface area contributed by atoms with Crippen LogP contribution in [0.2, 0.25) is 0 Å². The van der Waals surface area contributed by atoms with Crippen LogP contribution in [0.25, 0.3) is 0 Å². The number of hydrogen-bond donors (Lipinski definition) is 0. The van der Waals surface area contributed by atoms with Crippen LogP contribution < -0.4 is 0 Å². The molecule has 0 amide bonds. The van der Waals surface area contributed by atoms with E-state index in [1.54, 1.807) is 12.1 Å². The highest BCUT2D eigenvalue weighted by Gasteiger charge is 2.14. The van der Waals surface area contributed by atoms with E-state index < -0.39 is 3.79 Å². The number of carbonyl (C=O) groups is 1. The molecular weight excluding hydrogens is 244 g/mol. The number of carbonyl (C=O) groups excluding carboxylic acids is 1. The van der Waals surface area contributed by atoms with Crippen molar-refractivity contribution in [3.8, 4) is 0 Å². The molecule has 14 heavy (non-hydrogen) atoms. The molecule has 0 atom stereocenters. The molecule has 0 aromatic carbocycles. The fourth-order valence-corrected chi connectivity index (χ4v) is 0.972. The molecule has 0 unspecified atom stereocenters. The monoisotopic (exact) mass is 249 g/mol. The zero-order valence-corrected chi connectivity index (χ0v) is 9.22. The standard InChI is InChI=1S/C9H6Cl3NO/c10-9(11,12)4-1-8(14)7-2-5-13-6-3-7/h1-6H. The average Bonchev–Trinajstić information content (AvgIpc) is 2.14. The normalized spacial score (nSPS) is 11.9. The van der Waals surface area contributed by atoms with E-state index in [9.17, 15) is 4.79 Å². The summed E-state index contributed by atoms with van der Waals surface area (Å²) in [6, 6.07) is 3.18. The maximum Gasteiger partial charge on any atom is 0.209 e. The first-order valence-corrected chi connectivity index (χ1v) is 4.83. The van der Waals surface area contributed by atoms with Gasteiger partial charge in [0.2, 0.25) is 3.79 Å². The number of alkyl halides is 3. The summed E-state index contributed by atoms with van der Waals surface area (Å²) in [5.41, 5.74) is 0.505. The second kappa shape index (κ2) is 4.78. The summed E-state index contributed by atoms with van der Waals surface area (Å²) < 4.78 is -1.54. The number of allylic oxidation sites excluding steroid dienone is 2. The predicted molar refractivity (Wildman–Crippen MR) is 58.0 cm³/mol. The van der Waals surface area contributed by atoms with Crippen LogP contribution in [0.5, 0.6) is 0 Å². The third-order valence-corrected chi connectivity index (χ3v) is 1.77. The van der Waals surface area contributed by atoms with Crippen LogP contribution in [0.4, 0.5) is 0 Å². The largest absolute Gasteiger partial charge is 0.289 e. The zero-order valence-electron chi connectivity index (χ0n) is 6.95. The minimum atomic E-state index is -1.54. The van der Waals surface area contributed by atoms with E-state index in [4.69, 9.17) is 34.8 Å². The van der Waals surface area contributed by atoms with E-state index in [1.807, 2.05) is 0 Å². The minimum Gasteiger partial charge on any atom is -0.289 e. The van der Waals surface area contributed by atoms with Gasteiger partial charge in [0, 0.05) is 18.0 Å². The lowest BCUT2D eigenvalue weighted by Gasteiger charge is -2.01. The summed E-state index contributed by atoms with van der Waals surface area (Å²) in [5.74, 6) is -0.223. The summed E-state index contributed by atoms with van der Waals surface area (Å²) in [7, 11) is 0. The van der Waals surface area contributed by atoms with Gasteiger partial charge in [0.15, 0.2) is 5.78 Å². The highest BCUT2D eigenvalue weighted by Crippen LogP contribution is 2.27. The lowest BCUT2D eigenvalue weighted by atomic mass is 10.2. The first-order chi connectivity index (χ1) is 6.49. The van der Waals surface area contributed by atoms with Gasteiger partial charge in [0.25, 0.3) is 0 Å². The van der Waals surface area contributed by atoms with Crippen molar-refractivity contribution < 1.29 is 4.79 Å². The average molecular weight is 251 g/mol. The molecule has 74 valence electrons. The number of rotatable bonds is 2. The molecule has 0 radical (unpaired) electrons. The van der Waals surface area contributed by atoms with Crippen LogP contribution >= 0.6 is 34.8 Å². The van der Waals surface area contributed by atoms with Gasteiger partial charge in [0.1, 0.15) is 0 Å². The molecule has 1 aromatic heterocycles. The van der Waals surface area contributed by atoms with Crippen molar-refractivity contribution in [2.75, 3.05) is 0 Å². The van der Waals surface area contributed by atoms with E-state index in [0.717, 1.165) is 0 Å². The quantitative estimate of drug-likeness (QED) is 0.458. The van der Waals surface area contributed by atoms with Gasteiger partial charge in [-0.05, 0) is 24.3 Å². The van der Waals surface area contributed by atoms with Crippen molar-refractivity contribution in [2.45, 2.75) is 3.79 Å². The molecule has 0 N–H and O–H groups in total. The predicted octanol–water partition coefficient (Wildman–Crippen LogP) is 3.19. The zero-order chi connectivity index (χ0) is 10.6. The van der Waals surface area contributed by atoms with Crippen LogP contribution in [0.3, 0.4) is 0 Å². The van der Waals surface area contributed by atoms with E-state index in [1.165, 1.54) is 24.5 Å². The van der Waals surface area contributed by atoms with Gasteiger partial charge in [-0.1, -0.05) is 34.8 Å². The fourth-order valence-electron chi connectivity index (χ4n) is 0.783. The van der Waals surface area contributed by atoms with Crippen molar-refractivity contribution in [1.29, 1.82) is 0 Å². The van der Waals surface area contributed by atoms with E-state index in [0.29, 0.717) is 5.56 Å². The van der Waals surface area contributed by atoms with Crippen molar-refractivity contribution in [1.82, 2.24) is 4.98 Å². The van der Waals surface area contributed by atoms with Gasteiger partial charge >= 0.3 is 0 Å². The number of hydrogen-bond acceptors (Lipinski definition) is 2. The van der Waals surface area contributed by atoms with E-state index in [2.05, 4.69) is 4.98 Å². The molecule has 0 spiro atoms. The Balaban J connectivity index is 2.74. The lowest BCUT2D eigenvalue weighted by Crippen LogP contribution is -1.99. The first kappa shape index (κ1) is 11.5. The highest BCUT2D eigenvalue weighted by molar-refractivity contribution is 6.69. The van der Waals surface area contributed by atoms with Gasteiger partial charge in [-0.15, -0.1) is 0 Å². The van der Waals surface area contributed by atoms with Crippen LogP contribution in [-0.4, -0.2) is 14.6 Å². The summed E-state index contributed by atoms with van der Waals surface area (Å²) in [6.07, 6.45) is 5.48. The SMILES string of the molecule is O=C(C=CC(Cl)(Cl)Cl)c1ccncc1. The van der Waals surface area contributed by atoms with Crippen LogP contribution in [-0.2, 0) is 0 Å². The third-order valence-electron chi connectivity index (χ3n) is 1.39. The highest BCUT2D eigenvalue weighted by atomic mass is 35.6. The Morgan fingerprint density at radius 1 is 1.29 bits per heavy atom. The molecule has 0 saturated heterocycles. The Bertz CT molecular complexity index is 343. The summed E-state index contributed by atoms with van der Waals surface area (Å²) >= 11 is 16.3. The van der Waals surface area contributed by atoms with Gasteiger partial charge < -0.3 is 0 Å². The number of halogens is 3. The van der Waals surface area contributed by atoms with Crippen LogP contribution in [0.1, 0.15) is 10.4 Å². The molecule has 0 aliphatic heterocycles. The molecule has 1 rings (SSSR count). The Morgan fingerprint density at radius 2 is 1.86 bits per heavy atom. The van der Waals surface area contributed by atoms with Crippen molar-refractivity contribution in [2.24, 2.45) is 0 Å². The lowest BCUT2D eigenvalue weighted by molar-refractivity contribution is 0.104. The fraction of sp³-hybridized carbons (Fsp3) is 0.111. The molecule has 2 nitrogen and oxygen atoms in total. The molecule has 1 aromatic rings. The number of aromatic nitrogens is 1. The molecule has 0 bridgehead atoms. The van der Waals surface area contributed by atoms with Gasteiger partial charge in [-0.2, -0.15) is 0 Å². The molecule has 0 aliphatic carbocycles. The minimum absolute atomic E-state index is 0.223. The Kier molecular flexibility index (Phi) is 3.93. The Hall–Kier alpha value is -0.570. The molecule has 5 heteroatoms. The van der Waals surface area contributed by atoms with Crippen LogP contribution in [0, 0.1) is 0 Å². The second-order valence-corrected chi connectivity index (χ2v) is 4.84. The number of pyridine rings is 1. The second-order valence-electron chi connectivity index (χ2n) is 2.48. The summed E-state index contributed by atoms with van der Waals surface area (Å²) in [6.45, 7) is 0. The van der Waals surface area contributed by atoms with E-state index in [-0.39, 0.29) is 5.78 Å². The first-order valence-electron chi connectivity index (χ1n) is 3.69. The summed E-state index contributed by atoms with van der Waals surface area (Å²) in [4.78, 5) is 15.2. The molecular formula is C9H6Cl3NO. The molecule has 1 heterocycles. The topological polar surface area (TPSA) is 30.0 Å².